The van der Waals surface area contributed by atoms with Crippen LogP contribution < -0.4 is 5.32 Å². The van der Waals surface area contributed by atoms with E-state index in [0.717, 1.165) is 43.4 Å². The SMILES string of the molecule is O=C(NCCC[C@H]1CCOC1)c1cc2c(Cl)cccc2[nH]1. The molecule has 0 unspecified atom stereocenters. The van der Waals surface area contributed by atoms with Crippen molar-refractivity contribution < 1.29 is 9.53 Å². The van der Waals surface area contributed by atoms with Crippen molar-refractivity contribution in [2.24, 2.45) is 5.92 Å². The number of aromatic amines is 1. The highest BCUT2D eigenvalue weighted by Gasteiger charge is 2.15. The second kappa shape index (κ2) is 6.50. The van der Waals surface area contributed by atoms with E-state index in [0.29, 0.717) is 23.2 Å². The Bertz CT molecular complexity index is 632. The molecule has 1 saturated heterocycles. The van der Waals surface area contributed by atoms with Crippen LogP contribution in [0.2, 0.25) is 5.02 Å². The maximum atomic E-state index is 12.1. The van der Waals surface area contributed by atoms with Crippen LogP contribution in [0.25, 0.3) is 10.9 Å². The van der Waals surface area contributed by atoms with E-state index in [-0.39, 0.29) is 5.91 Å². The first-order chi connectivity index (χ1) is 10.2. The van der Waals surface area contributed by atoms with Crippen molar-refractivity contribution in [2.45, 2.75) is 19.3 Å². The molecule has 4 nitrogen and oxygen atoms in total. The van der Waals surface area contributed by atoms with Gasteiger partial charge < -0.3 is 15.0 Å². The van der Waals surface area contributed by atoms with Gasteiger partial charge in [0.15, 0.2) is 0 Å². The van der Waals surface area contributed by atoms with Crippen molar-refractivity contribution in [3.63, 3.8) is 0 Å². The number of rotatable bonds is 5. The standard InChI is InChI=1S/C16H19ClN2O2/c17-13-4-1-5-14-12(13)9-15(19-14)16(20)18-7-2-3-11-6-8-21-10-11/h1,4-5,9,11,19H,2-3,6-8,10H2,(H,18,20)/t11-/m0/s1. The van der Waals surface area contributed by atoms with Gasteiger partial charge in [-0.15, -0.1) is 0 Å². The molecule has 5 heteroatoms. The van der Waals surface area contributed by atoms with Crippen LogP contribution in [0.1, 0.15) is 29.8 Å². The lowest BCUT2D eigenvalue weighted by atomic mass is 10.0. The molecule has 1 aromatic heterocycles. The molecule has 2 N–H and O–H groups in total. The van der Waals surface area contributed by atoms with Crippen molar-refractivity contribution in [2.75, 3.05) is 19.8 Å². The third-order valence-corrected chi connectivity index (χ3v) is 4.28. The van der Waals surface area contributed by atoms with Crippen LogP contribution in [0.15, 0.2) is 24.3 Å². The Morgan fingerprint density at radius 1 is 1.48 bits per heavy atom. The third kappa shape index (κ3) is 3.39. The maximum absolute atomic E-state index is 12.1. The highest BCUT2D eigenvalue weighted by atomic mass is 35.5. The zero-order chi connectivity index (χ0) is 14.7. The number of fused-ring (bicyclic) bond motifs is 1. The van der Waals surface area contributed by atoms with Crippen LogP contribution >= 0.6 is 11.6 Å². The molecular weight excluding hydrogens is 288 g/mol. The quantitative estimate of drug-likeness (QED) is 0.832. The number of hydrogen-bond donors (Lipinski definition) is 2. The first-order valence-corrected chi connectivity index (χ1v) is 7.75. The summed E-state index contributed by atoms with van der Waals surface area (Å²) in [7, 11) is 0. The Balaban J connectivity index is 1.53. The molecule has 1 aliphatic heterocycles. The van der Waals surface area contributed by atoms with Gasteiger partial charge in [0, 0.05) is 35.7 Å². The zero-order valence-corrected chi connectivity index (χ0v) is 12.6. The normalized spacial score (nSPS) is 18.2. The number of aromatic nitrogens is 1. The lowest BCUT2D eigenvalue weighted by molar-refractivity contribution is 0.0948. The number of carbonyl (C=O) groups excluding carboxylic acids is 1. The fraction of sp³-hybridized carbons (Fsp3) is 0.438. The van der Waals surface area contributed by atoms with Crippen molar-refractivity contribution in [3.8, 4) is 0 Å². The third-order valence-electron chi connectivity index (χ3n) is 3.95. The summed E-state index contributed by atoms with van der Waals surface area (Å²) in [4.78, 5) is 15.2. The molecule has 2 aromatic rings. The molecule has 2 heterocycles. The van der Waals surface area contributed by atoms with Gasteiger partial charge in [0.1, 0.15) is 5.69 Å². The maximum Gasteiger partial charge on any atom is 0.267 e. The Labute approximate surface area is 128 Å². The van der Waals surface area contributed by atoms with Crippen molar-refractivity contribution in [1.82, 2.24) is 10.3 Å². The second-order valence-corrected chi connectivity index (χ2v) is 5.92. The molecule has 3 rings (SSSR count). The summed E-state index contributed by atoms with van der Waals surface area (Å²) in [6.07, 6.45) is 3.24. The minimum absolute atomic E-state index is 0.0788. The predicted octanol–water partition coefficient (Wildman–Crippen LogP) is 3.37. The smallest absolute Gasteiger partial charge is 0.267 e. The summed E-state index contributed by atoms with van der Waals surface area (Å²) in [5, 5.41) is 4.49. The van der Waals surface area contributed by atoms with Crippen LogP contribution in [0, 0.1) is 5.92 Å². The van der Waals surface area contributed by atoms with Gasteiger partial charge >= 0.3 is 0 Å². The topological polar surface area (TPSA) is 54.1 Å². The van der Waals surface area contributed by atoms with Gasteiger partial charge in [-0.2, -0.15) is 0 Å². The first-order valence-electron chi connectivity index (χ1n) is 7.37. The molecule has 1 atom stereocenters. The van der Waals surface area contributed by atoms with Crippen LogP contribution in [0.5, 0.6) is 0 Å². The Morgan fingerprint density at radius 3 is 3.14 bits per heavy atom. The average Bonchev–Trinajstić information content (AvgIpc) is 3.13. The second-order valence-electron chi connectivity index (χ2n) is 5.51. The summed E-state index contributed by atoms with van der Waals surface area (Å²) in [6, 6.07) is 7.41. The molecule has 21 heavy (non-hydrogen) atoms. The molecule has 0 bridgehead atoms. The first kappa shape index (κ1) is 14.4. The highest BCUT2D eigenvalue weighted by molar-refractivity contribution is 6.35. The van der Waals surface area contributed by atoms with E-state index in [1.807, 2.05) is 18.2 Å². The molecule has 1 aliphatic rings. The number of H-pyrrole nitrogens is 1. The summed E-state index contributed by atoms with van der Waals surface area (Å²) < 4.78 is 5.34. The van der Waals surface area contributed by atoms with Crippen LogP contribution in [-0.2, 0) is 4.74 Å². The molecule has 1 amide bonds. The molecule has 0 radical (unpaired) electrons. The molecule has 1 aromatic carbocycles. The molecule has 1 fully saturated rings. The number of benzene rings is 1. The molecule has 0 aliphatic carbocycles. The summed E-state index contributed by atoms with van der Waals surface area (Å²) >= 11 is 6.11. The van der Waals surface area contributed by atoms with Gasteiger partial charge in [-0.1, -0.05) is 17.7 Å². The van der Waals surface area contributed by atoms with Gasteiger partial charge in [0.05, 0.1) is 0 Å². The Kier molecular flexibility index (Phi) is 4.46. The van der Waals surface area contributed by atoms with Gasteiger partial charge in [-0.05, 0) is 43.4 Å². The molecule has 0 saturated carbocycles. The Hall–Kier alpha value is -1.52. The van der Waals surface area contributed by atoms with Crippen LogP contribution in [0.3, 0.4) is 0 Å². The fourth-order valence-corrected chi connectivity index (χ4v) is 2.97. The minimum atomic E-state index is -0.0788. The lowest BCUT2D eigenvalue weighted by Crippen LogP contribution is -2.25. The highest BCUT2D eigenvalue weighted by Crippen LogP contribution is 2.24. The van der Waals surface area contributed by atoms with Gasteiger partial charge in [-0.3, -0.25) is 4.79 Å². The van der Waals surface area contributed by atoms with Crippen LogP contribution in [-0.4, -0.2) is 30.6 Å². The number of carbonyl (C=O) groups is 1. The number of amides is 1. The van der Waals surface area contributed by atoms with Gasteiger partial charge in [-0.25, -0.2) is 0 Å². The van der Waals surface area contributed by atoms with E-state index >= 15 is 0 Å². The number of halogens is 1. The van der Waals surface area contributed by atoms with E-state index in [1.54, 1.807) is 6.07 Å². The molecule has 0 spiro atoms. The number of hydrogen-bond acceptors (Lipinski definition) is 2. The van der Waals surface area contributed by atoms with Crippen LogP contribution in [0.4, 0.5) is 0 Å². The van der Waals surface area contributed by atoms with E-state index in [9.17, 15) is 4.79 Å². The average molecular weight is 307 g/mol. The Morgan fingerprint density at radius 2 is 2.38 bits per heavy atom. The largest absolute Gasteiger partial charge is 0.381 e. The van der Waals surface area contributed by atoms with Crippen molar-refractivity contribution in [1.29, 1.82) is 0 Å². The van der Waals surface area contributed by atoms with E-state index in [1.165, 1.54) is 0 Å². The minimum Gasteiger partial charge on any atom is -0.381 e. The van der Waals surface area contributed by atoms with E-state index < -0.39 is 0 Å². The lowest BCUT2D eigenvalue weighted by Gasteiger charge is -2.07. The predicted molar refractivity (Wildman–Crippen MR) is 83.8 cm³/mol. The summed E-state index contributed by atoms with van der Waals surface area (Å²) in [5.74, 6) is 0.582. The van der Waals surface area contributed by atoms with Gasteiger partial charge in [0.25, 0.3) is 5.91 Å². The molecular formula is C16H19ClN2O2. The zero-order valence-electron chi connectivity index (χ0n) is 11.8. The van der Waals surface area contributed by atoms with Crippen molar-refractivity contribution >= 4 is 28.4 Å². The number of nitrogens with one attached hydrogen (secondary N) is 2. The van der Waals surface area contributed by atoms with E-state index in [2.05, 4.69) is 10.3 Å². The fourth-order valence-electron chi connectivity index (χ4n) is 2.74. The van der Waals surface area contributed by atoms with Gasteiger partial charge in [0.2, 0.25) is 0 Å². The summed E-state index contributed by atoms with van der Waals surface area (Å²) in [5.41, 5.74) is 1.44. The molecule has 112 valence electrons. The summed E-state index contributed by atoms with van der Waals surface area (Å²) in [6.45, 7) is 2.44. The van der Waals surface area contributed by atoms with E-state index in [4.69, 9.17) is 16.3 Å². The monoisotopic (exact) mass is 306 g/mol. The van der Waals surface area contributed by atoms with Crippen molar-refractivity contribution in [3.05, 3.63) is 35.0 Å². The number of ether oxygens (including phenoxy) is 1.